The van der Waals surface area contributed by atoms with Gasteiger partial charge in [0.2, 0.25) is 0 Å². The Labute approximate surface area is 192 Å². The molecule has 0 aromatic heterocycles. The first-order chi connectivity index (χ1) is 14.7. The lowest BCUT2D eigenvalue weighted by atomic mass is 10.2. The van der Waals surface area contributed by atoms with E-state index >= 15 is 0 Å². The van der Waals surface area contributed by atoms with Gasteiger partial charge in [-0.3, -0.25) is 10.2 Å². The lowest BCUT2D eigenvalue weighted by Crippen LogP contribution is -2.68. The summed E-state index contributed by atoms with van der Waals surface area (Å²) in [5.41, 5.74) is 1.52. The molecule has 0 aliphatic carbocycles. The van der Waals surface area contributed by atoms with Crippen molar-refractivity contribution in [2.75, 3.05) is 5.32 Å². The Kier molecular flexibility index (Phi) is 7.18. The van der Waals surface area contributed by atoms with Crippen LogP contribution in [0.4, 0.5) is 15.3 Å². The highest BCUT2D eigenvalue weighted by Crippen LogP contribution is 2.29. The quantitative estimate of drug-likeness (QED) is 0.564. The topological polar surface area (TPSA) is 73.9 Å². The standard InChI is InChI=1S/C22H26Cl2N4O3/c1-13(2)28-21(29)26-20(25-17-9-10-19(18(24)11-17)31-14(3)4)27(22(28)30)12-15-5-7-16(23)8-6-15/h5-11,13-14,20,25H,12H2,1-4H3,(H,26,29). The number of rotatable bonds is 7. The molecule has 1 saturated heterocycles. The minimum absolute atomic E-state index is 0.0107. The van der Waals surface area contributed by atoms with Gasteiger partial charge in [-0.2, -0.15) is 0 Å². The molecule has 3 rings (SSSR count). The van der Waals surface area contributed by atoms with Crippen LogP contribution in [0.5, 0.6) is 5.75 Å². The fourth-order valence-electron chi connectivity index (χ4n) is 3.21. The zero-order valence-electron chi connectivity index (χ0n) is 17.9. The molecular weight excluding hydrogens is 439 g/mol. The Hall–Kier alpha value is -2.64. The highest BCUT2D eigenvalue weighted by atomic mass is 35.5. The second-order valence-electron chi connectivity index (χ2n) is 7.81. The Morgan fingerprint density at radius 2 is 1.74 bits per heavy atom. The van der Waals surface area contributed by atoms with Gasteiger partial charge < -0.3 is 10.1 Å². The molecule has 7 nitrogen and oxygen atoms in total. The number of hydrogen-bond acceptors (Lipinski definition) is 4. The van der Waals surface area contributed by atoms with Crippen LogP contribution >= 0.6 is 23.2 Å². The Bertz CT molecular complexity index is 950. The largest absolute Gasteiger partial charge is 0.489 e. The molecule has 0 saturated carbocycles. The molecule has 0 spiro atoms. The number of imide groups is 1. The Balaban J connectivity index is 1.86. The molecule has 1 atom stereocenters. The molecule has 166 valence electrons. The molecular formula is C22H26Cl2N4O3. The van der Waals surface area contributed by atoms with Gasteiger partial charge in [0.25, 0.3) is 0 Å². The molecule has 9 heteroatoms. The van der Waals surface area contributed by atoms with Gasteiger partial charge >= 0.3 is 12.1 Å². The molecule has 1 unspecified atom stereocenters. The van der Waals surface area contributed by atoms with Crippen LogP contribution in [-0.4, -0.2) is 40.3 Å². The van der Waals surface area contributed by atoms with Crippen LogP contribution in [-0.2, 0) is 6.54 Å². The van der Waals surface area contributed by atoms with Crippen molar-refractivity contribution >= 4 is 41.0 Å². The molecule has 1 fully saturated rings. The van der Waals surface area contributed by atoms with Gasteiger partial charge in [-0.1, -0.05) is 35.3 Å². The van der Waals surface area contributed by atoms with Gasteiger partial charge in [0.15, 0.2) is 6.29 Å². The van der Waals surface area contributed by atoms with E-state index in [0.717, 1.165) is 5.56 Å². The maximum Gasteiger partial charge on any atom is 0.331 e. The van der Waals surface area contributed by atoms with Crippen LogP contribution in [0.1, 0.15) is 33.3 Å². The lowest BCUT2D eigenvalue weighted by Gasteiger charge is -2.42. The minimum Gasteiger partial charge on any atom is -0.489 e. The number of benzene rings is 2. The third-order valence-corrected chi connectivity index (χ3v) is 5.17. The van der Waals surface area contributed by atoms with E-state index in [1.54, 1.807) is 49.1 Å². The summed E-state index contributed by atoms with van der Waals surface area (Å²) in [6.07, 6.45) is -0.776. The summed E-state index contributed by atoms with van der Waals surface area (Å²) in [6, 6.07) is 11.3. The van der Waals surface area contributed by atoms with Crippen LogP contribution in [0.2, 0.25) is 10.0 Å². The number of amides is 4. The van der Waals surface area contributed by atoms with Crippen LogP contribution in [0, 0.1) is 0 Å². The number of carbonyl (C=O) groups excluding carboxylic acids is 2. The van der Waals surface area contributed by atoms with E-state index < -0.39 is 18.4 Å². The second-order valence-corrected chi connectivity index (χ2v) is 8.65. The maximum absolute atomic E-state index is 13.2. The average molecular weight is 465 g/mol. The number of hydrogen-bond donors (Lipinski definition) is 2. The van der Waals surface area contributed by atoms with Gasteiger partial charge in [-0.05, 0) is 63.6 Å². The number of anilines is 1. The number of carbonyl (C=O) groups is 2. The molecule has 1 aliphatic heterocycles. The predicted molar refractivity (Wildman–Crippen MR) is 123 cm³/mol. The van der Waals surface area contributed by atoms with Crippen molar-refractivity contribution in [3.8, 4) is 5.75 Å². The van der Waals surface area contributed by atoms with E-state index in [9.17, 15) is 9.59 Å². The van der Waals surface area contributed by atoms with Crippen LogP contribution < -0.4 is 15.4 Å². The molecule has 2 N–H and O–H groups in total. The van der Waals surface area contributed by atoms with Crippen molar-refractivity contribution in [2.45, 2.75) is 52.7 Å². The first-order valence-corrected chi connectivity index (χ1v) is 10.8. The van der Waals surface area contributed by atoms with Crippen molar-refractivity contribution in [2.24, 2.45) is 0 Å². The summed E-state index contributed by atoms with van der Waals surface area (Å²) >= 11 is 12.3. The van der Waals surface area contributed by atoms with Crippen LogP contribution in [0.25, 0.3) is 0 Å². The van der Waals surface area contributed by atoms with Crippen LogP contribution in [0.3, 0.4) is 0 Å². The predicted octanol–water partition coefficient (Wildman–Crippen LogP) is 5.53. The smallest absolute Gasteiger partial charge is 0.331 e. The molecule has 1 aliphatic rings. The monoisotopic (exact) mass is 464 g/mol. The number of nitrogens with one attached hydrogen (secondary N) is 2. The Morgan fingerprint density at radius 1 is 1.06 bits per heavy atom. The fourth-order valence-corrected chi connectivity index (χ4v) is 3.56. The van der Waals surface area contributed by atoms with E-state index in [1.165, 1.54) is 4.90 Å². The fraction of sp³-hybridized carbons (Fsp3) is 0.364. The molecule has 0 radical (unpaired) electrons. The summed E-state index contributed by atoms with van der Waals surface area (Å²) < 4.78 is 5.66. The van der Waals surface area contributed by atoms with Crippen molar-refractivity contribution < 1.29 is 14.3 Å². The van der Waals surface area contributed by atoms with Crippen molar-refractivity contribution in [3.05, 3.63) is 58.1 Å². The summed E-state index contributed by atoms with van der Waals surface area (Å²) in [6.45, 7) is 7.69. The highest BCUT2D eigenvalue weighted by molar-refractivity contribution is 6.32. The number of nitrogens with zero attached hydrogens (tertiary/aromatic N) is 2. The molecule has 2 aromatic rings. The third kappa shape index (κ3) is 5.54. The van der Waals surface area contributed by atoms with Crippen LogP contribution in [0.15, 0.2) is 42.5 Å². The average Bonchev–Trinajstić information content (AvgIpc) is 2.68. The Morgan fingerprint density at radius 3 is 2.32 bits per heavy atom. The van der Waals surface area contributed by atoms with Gasteiger partial charge in [0, 0.05) is 16.8 Å². The van der Waals surface area contributed by atoms with Crippen molar-refractivity contribution in [1.82, 2.24) is 15.1 Å². The maximum atomic E-state index is 13.2. The zero-order valence-corrected chi connectivity index (χ0v) is 19.4. The van der Waals surface area contributed by atoms with Crippen molar-refractivity contribution in [3.63, 3.8) is 0 Å². The molecule has 1 heterocycles. The molecule has 0 bridgehead atoms. The van der Waals surface area contributed by atoms with E-state index in [4.69, 9.17) is 27.9 Å². The summed E-state index contributed by atoms with van der Waals surface area (Å²) in [7, 11) is 0. The van der Waals surface area contributed by atoms with Crippen molar-refractivity contribution in [1.29, 1.82) is 0 Å². The van der Waals surface area contributed by atoms with Gasteiger partial charge in [-0.25, -0.2) is 14.5 Å². The summed E-state index contributed by atoms with van der Waals surface area (Å²) in [5.74, 6) is 0.565. The minimum atomic E-state index is -0.765. The van der Waals surface area contributed by atoms with E-state index in [2.05, 4.69) is 10.6 Å². The highest BCUT2D eigenvalue weighted by Gasteiger charge is 2.39. The van der Waals surface area contributed by atoms with E-state index in [1.807, 2.05) is 26.0 Å². The van der Waals surface area contributed by atoms with E-state index in [0.29, 0.717) is 21.5 Å². The summed E-state index contributed by atoms with van der Waals surface area (Å²) in [5, 5.41) is 7.08. The SMILES string of the molecule is CC(C)Oc1ccc(NC2NC(=O)N(C(C)C)C(=O)N2Cc2ccc(Cl)cc2)cc1Cl. The normalized spacial score (nSPS) is 16.7. The lowest BCUT2D eigenvalue weighted by molar-refractivity contribution is 0.0975. The zero-order chi connectivity index (χ0) is 22.7. The molecule has 4 amide bonds. The molecule has 31 heavy (non-hydrogen) atoms. The van der Waals surface area contributed by atoms with Gasteiger partial charge in [-0.15, -0.1) is 0 Å². The second kappa shape index (κ2) is 9.66. The summed E-state index contributed by atoms with van der Waals surface area (Å²) in [4.78, 5) is 28.5. The van der Waals surface area contributed by atoms with Gasteiger partial charge in [0.1, 0.15) is 5.75 Å². The third-order valence-electron chi connectivity index (χ3n) is 4.62. The number of urea groups is 2. The number of halogens is 2. The first kappa shape index (κ1) is 23.0. The van der Waals surface area contributed by atoms with Gasteiger partial charge in [0.05, 0.1) is 17.7 Å². The molecule has 2 aromatic carbocycles. The number of ether oxygens (including phenoxy) is 1. The first-order valence-electron chi connectivity index (χ1n) is 10.0. The van der Waals surface area contributed by atoms with E-state index in [-0.39, 0.29) is 18.7 Å².